The Balaban J connectivity index is 5.56. The summed E-state index contributed by atoms with van der Waals surface area (Å²) in [6.07, 6.45) is 8.73. The van der Waals surface area contributed by atoms with Gasteiger partial charge in [0.05, 0.1) is 11.8 Å². The molecule has 0 aromatic carbocycles. The van der Waals surface area contributed by atoms with Gasteiger partial charge in [0.25, 0.3) is 0 Å². The van der Waals surface area contributed by atoms with E-state index in [9.17, 15) is 4.79 Å². The number of rotatable bonds is 17. The monoisotopic (exact) mass is 471 g/mol. The van der Waals surface area contributed by atoms with Crippen LogP contribution in [-0.2, 0) is 14.0 Å². The van der Waals surface area contributed by atoms with Crippen LogP contribution in [0.3, 0.4) is 0 Å². The van der Waals surface area contributed by atoms with E-state index in [0.29, 0.717) is 12.2 Å². The summed E-state index contributed by atoms with van der Waals surface area (Å²) in [6.45, 7) is 28.2. The number of ether oxygens (including phenoxy) is 1. The van der Waals surface area contributed by atoms with E-state index in [1.54, 1.807) is 6.92 Å². The summed E-state index contributed by atoms with van der Waals surface area (Å²) in [5.41, 5.74) is 0.466. The fourth-order valence-corrected chi connectivity index (χ4v) is 12.6. The van der Waals surface area contributed by atoms with Crippen molar-refractivity contribution in [3.8, 4) is 0 Å². The lowest BCUT2D eigenvalue weighted by molar-refractivity contribution is -0.139. The Bertz CT molecular complexity index is 559. The molecule has 1 atom stereocenters. The minimum atomic E-state index is -2.07. The summed E-state index contributed by atoms with van der Waals surface area (Å²) < 4.78 is 12.7. The van der Waals surface area contributed by atoms with Gasteiger partial charge in [0.15, 0.2) is 16.6 Å². The highest BCUT2D eigenvalue weighted by atomic mass is 28.4. The van der Waals surface area contributed by atoms with Crippen molar-refractivity contribution < 1.29 is 14.0 Å². The Morgan fingerprint density at radius 2 is 1.55 bits per heavy atom. The number of carbonyl (C=O) groups excluding carboxylic acids is 1. The predicted octanol–water partition coefficient (Wildman–Crippen LogP) is 7.36. The van der Waals surface area contributed by atoms with E-state index in [4.69, 9.17) is 9.16 Å². The van der Waals surface area contributed by atoms with Crippen LogP contribution in [0.4, 0.5) is 0 Å². The molecule has 1 unspecified atom stereocenters. The van der Waals surface area contributed by atoms with E-state index >= 15 is 0 Å². The molecule has 184 valence electrons. The summed E-state index contributed by atoms with van der Waals surface area (Å²) in [5.74, 6) is -0.285. The molecular weight excluding hydrogens is 418 g/mol. The van der Waals surface area contributed by atoms with Gasteiger partial charge < -0.3 is 14.1 Å². The molecule has 1 N–H and O–H groups in total. The highest BCUT2D eigenvalue weighted by molar-refractivity contribution is 6.80. The van der Waals surface area contributed by atoms with Crippen molar-refractivity contribution in [3.05, 3.63) is 12.2 Å². The standard InChI is InChI=1S/C25H53NO3Si2/c1-12-16-20-26-30(8,9)25(14-3,15-4)29-31(10,11)24(7,18-13-2)19-17-21-28-23(27)22(5)6/h26H,5,12-21H2,1-4,6-11H3. The van der Waals surface area contributed by atoms with Crippen LogP contribution in [0, 0.1) is 0 Å². The Hall–Kier alpha value is -0.436. The Kier molecular flexibility index (Phi) is 13.1. The van der Waals surface area contributed by atoms with Crippen LogP contribution >= 0.6 is 0 Å². The highest BCUT2D eigenvalue weighted by Gasteiger charge is 2.53. The number of esters is 1. The number of carbonyl (C=O) groups is 1. The zero-order valence-electron chi connectivity index (χ0n) is 22.5. The lowest BCUT2D eigenvalue weighted by Crippen LogP contribution is -2.68. The molecule has 0 amide bonds. The van der Waals surface area contributed by atoms with Crippen molar-refractivity contribution in [3.63, 3.8) is 0 Å². The molecule has 0 aliphatic rings. The highest BCUT2D eigenvalue weighted by Crippen LogP contribution is 2.50. The second-order valence-electron chi connectivity index (χ2n) is 10.5. The first kappa shape index (κ1) is 30.6. The summed E-state index contributed by atoms with van der Waals surface area (Å²) >= 11 is 0. The molecule has 0 fully saturated rings. The maximum atomic E-state index is 11.7. The SMILES string of the molecule is C=C(C)C(=O)OCCCC(C)(CCC)[Si](C)(C)OC(CC)(CC)[Si](C)(C)NCCCC. The van der Waals surface area contributed by atoms with E-state index in [2.05, 4.69) is 72.4 Å². The van der Waals surface area contributed by atoms with Crippen LogP contribution in [0.1, 0.15) is 92.9 Å². The van der Waals surface area contributed by atoms with Gasteiger partial charge in [-0.15, -0.1) is 0 Å². The molecule has 0 aromatic rings. The van der Waals surface area contributed by atoms with E-state index in [1.165, 1.54) is 12.8 Å². The Morgan fingerprint density at radius 3 is 2.00 bits per heavy atom. The van der Waals surface area contributed by atoms with E-state index in [-0.39, 0.29) is 16.2 Å². The predicted molar refractivity (Wildman–Crippen MR) is 141 cm³/mol. The molecular formula is C25H53NO3Si2. The Labute approximate surface area is 196 Å². The number of hydrogen-bond acceptors (Lipinski definition) is 4. The van der Waals surface area contributed by atoms with Gasteiger partial charge in [-0.1, -0.05) is 67.1 Å². The summed E-state index contributed by atoms with van der Waals surface area (Å²) in [7, 11) is -3.89. The van der Waals surface area contributed by atoms with Crippen LogP contribution in [0.2, 0.25) is 31.2 Å². The van der Waals surface area contributed by atoms with Crippen molar-refractivity contribution >= 4 is 22.5 Å². The van der Waals surface area contributed by atoms with Gasteiger partial charge in [0.1, 0.15) is 0 Å². The molecule has 4 nitrogen and oxygen atoms in total. The van der Waals surface area contributed by atoms with Crippen molar-refractivity contribution in [2.75, 3.05) is 13.2 Å². The number of unbranched alkanes of at least 4 members (excludes halogenated alkanes) is 1. The molecule has 6 heteroatoms. The first-order valence-electron chi connectivity index (χ1n) is 12.6. The molecule has 0 rings (SSSR count). The van der Waals surface area contributed by atoms with Crippen molar-refractivity contribution in [1.29, 1.82) is 0 Å². The molecule has 0 bridgehead atoms. The zero-order chi connectivity index (χ0) is 24.3. The number of hydrogen-bond donors (Lipinski definition) is 1. The van der Waals surface area contributed by atoms with Crippen molar-refractivity contribution in [2.45, 2.75) is 129 Å². The quantitative estimate of drug-likeness (QED) is 0.104. The second-order valence-corrected chi connectivity index (χ2v) is 19.5. The first-order chi connectivity index (χ1) is 14.3. The first-order valence-corrected chi connectivity index (χ1v) is 18.5. The average molecular weight is 472 g/mol. The van der Waals surface area contributed by atoms with Crippen LogP contribution in [0.15, 0.2) is 12.2 Å². The van der Waals surface area contributed by atoms with Gasteiger partial charge in [0, 0.05) is 5.57 Å². The topological polar surface area (TPSA) is 47.6 Å². The fourth-order valence-electron chi connectivity index (χ4n) is 4.79. The molecule has 0 saturated carbocycles. The Morgan fingerprint density at radius 1 is 0.968 bits per heavy atom. The van der Waals surface area contributed by atoms with Crippen molar-refractivity contribution in [2.24, 2.45) is 0 Å². The minimum Gasteiger partial charge on any atom is -0.462 e. The summed E-state index contributed by atoms with van der Waals surface area (Å²) in [6, 6.07) is 0. The molecule has 0 heterocycles. The van der Waals surface area contributed by atoms with E-state index in [1.807, 2.05) is 0 Å². The summed E-state index contributed by atoms with van der Waals surface area (Å²) in [5, 5.41) is 0.0821. The van der Waals surface area contributed by atoms with Crippen molar-refractivity contribution in [1.82, 2.24) is 4.98 Å². The van der Waals surface area contributed by atoms with Gasteiger partial charge >= 0.3 is 5.97 Å². The lowest BCUT2D eigenvalue weighted by Gasteiger charge is -2.53. The fraction of sp³-hybridized carbons (Fsp3) is 0.880. The third-order valence-electron chi connectivity index (χ3n) is 7.54. The molecule has 0 saturated heterocycles. The maximum Gasteiger partial charge on any atom is 0.333 e. The summed E-state index contributed by atoms with van der Waals surface area (Å²) in [4.78, 5) is 15.7. The zero-order valence-corrected chi connectivity index (χ0v) is 24.5. The van der Waals surface area contributed by atoms with Gasteiger partial charge in [-0.05, 0) is 70.1 Å². The largest absolute Gasteiger partial charge is 0.462 e. The second kappa shape index (κ2) is 13.3. The maximum absolute atomic E-state index is 11.7. The van der Waals surface area contributed by atoms with Gasteiger partial charge in [-0.25, -0.2) is 4.79 Å². The molecule has 0 aliphatic heterocycles. The molecule has 0 aliphatic carbocycles. The van der Waals surface area contributed by atoms with Gasteiger partial charge in [0.2, 0.25) is 0 Å². The molecule has 31 heavy (non-hydrogen) atoms. The third kappa shape index (κ3) is 8.45. The van der Waals surface area contributed by atoms with Gasteiger partial charge in [-0.2, -0.15) is 0 Å². The minimum absolute atomic E-state index is 0.0577. The molecule has 0 spiro atoms. The van der Waals surface area contributed by atoms with Crippen LogP contribution < -0.4 is 4.98 Å². The van der Waals surface area contributed by atoms with Gasteiger partial charge in [-0.3, -0.25) is 0 Å². The smallest absolute Gasteiger partial charge is 0.333 e. The van der Waals surface area contributed by atoms with E-state index < -0.39 is 16.6 Å². The van der Waals surface area contributed by atoms with Crippen LogP contribution in [-0.4, -0.2) is 40.9 Å². The van der Waals surface area contributed by atoms with Crippen LogP contribution in [0.25, 0.3) is 0 Å². The molecule has 0 radical (unpaired) electrons. The third-order valence-corrected chi connectivity index (χ3v) is 16.3. The molecule has 0 aromatic heterocycles. The lowest BCUT2D eigenvalue weighted by atomic mass is 9.99. The number of nitrogens with one attached hydrogen (secondary N) is 1. The average Bonchev–Trinajstić information content (AvgIpc) is 2.69. The van der Waals surface area contributed by atoms with E-state index in [0.717, 1.165) is 45.1 Å². The van der Waals surface area contributed by atoms with Crippen LogP contribution in [0.5, 0.6) is 0 Å². The normalized spacial score (nSPS) is 14.9.